The van der Waals surface area contributed by atoms with Gasteiger partial charge in [0, 0.05) is 20.2 Å². The van der Waals surface area contributed by atoms with Crippen LogP contribution in [0, 0.1) is 6.92 Å². The molecule has 0 aliphatic carbocycles. The number of halogens is 1. The molecule has 9 heteroatoms. The maximum atomic E-state index is 12.5. The van der Waals surface area contributed by atoms with Crippen molar-refractivity contribution in [2.75, 3.05) is 0 Å². The molecule has 2 aromatic heterocycles. The zero-order chi connectivity index (χ0) is 19.7. The Morgan fingerprint density at radius 2 is 1.81 bits per heavy atom. The van der Waals surface area contributed by atoms with Crippen molar-refractivity contribution in [2.24, 2.45) is 14.1 Å². The lowest BCUT2D eigenvalue weighted by Crippen LogP contribution is -2.38. The summed E-state index contributed by atoms with van der Waals surface area (Å²) in [5.74, 6) is -0.687. The van der Waals surface area contributed by atoms with Gasteiger partial charge in [-0.3, -0.25) is 13.9 Å². The molecule has 140 valence electrons. The summed E-state index contributed by atoms with van der Waals surface area (Å²) < 4.78 is 8.93. The predicted octanol–water partition coefficient (Wildman–Crippen LogP) is 1.59. The Morgan fingerprint density at radius 3 is 2.48 bits per heavy atom. The van der Waals surface area contributed by atoms with Gasteiger partial charge >= 0.3 is 11.7 Å². The van der Waals surface area contributed by atoms with Crippen LogP contribution in [0.5, 0.6) is 0 Å². The first-order valence-electron chi connectivity index (χ1n) is 8.05. The van der Waals surface area contributed by atoms with Crippen molar-refractivity contribution in [1.29, 1.82) is 0 Å². The molecule has 0 bridgehead atoms. The van der Waals surface area contributed by atoms with Crippen LogP contribution in [-0.2, 0) is 25.4 Å². The van der Waals surface area contributed by atoms with E-state index in [-0.39, 0.29) is 23.0 Å². The summed E-state index contributed by atoms with van der Waals surface area (Å²) in [6, 6.07) is 10.4. The molecule has 0 aliphatic rings. The number of esters is 1. The number of rotatable bonds is 4. The summed E-state index contributed by atoms with van der Waals surface area (Å²) >= 11 is 6.33. The monoisotopic (exact) mass is 388 g/mol. The Labute approximate surface area is 159 Å². The van der Waals surface area contributed by atoms with Crippen LogP contribution >= 0.6 is 11.6 Å². The molecule has 0 amide bonds. The highest BCUT2D eigenvalue weighted by molar-refractivity contribution is 6.33. The Balaban J connectivity index is 1.87. The number of para-hydroxylation sites is 1. The minimum Gasteiger partial charge on any atom is -0.456 e. The lowest BCUT2D eigenvalue weighted by molar-refractivity contribution is 0.0462. The second-order valence-electron chi connectivity index (χ2n) is 5.95. The Bertz CT molecular complexity index is 1130. The largest absolute Gasteiger partial charge is 0.456 e. The van der Waals surface area contributed by atoms with E-state index in [1.807, 2.05) is 30.3 Å². The molecule has 0 N–H and O–H groups in total. The average molecular weight is 389 g/mol. The quantitative estimate of drug-likeness (QED) is 0.633. The van der Waals surface area contributed by atoms with Crippen molar-refractivity contribution in [3.05, 3.63) is 79.3 Å². The van der Waals surface area contributed by atoms with Crippen molar-refractivity contribution in [1.82, 2.24) is 18.9 Å². The van der Waals surface area contributed by atoms with Crippen molar-refractivity contribution < 1.29 is 9.53 Å². The minimum atomic E-state index is -0.687. The molecule has 3 rings (SSSR count). The van der Waals surface area contributed by atoms with Gasteiger partial charge in [0.2, 0.25) is 0 Å². The molecule has 3 aromatic rings. The molecule has 1 aromatic carbocycles. The van der Waals surface area contributed by atoms with E-state index in [4.69, 9.17) is 16.3 Å². The average Bonchev–Trinajstić information content (AvgIpc) is 2.96. The van der Waals surface area contributed by atoms with Gasteiger partial charge in [-0.05, 0) is 19.1 Å². The highest BCUT2D eigenvalue weighted by Gasteiger charge is 2.23. The molecule has 0 radical (unpaired) electrons. The number of aryl methyl sites for hydroxylation is 1. The van der Waals surface area contributed by atoms with Gasteiger partial charge in [-0.15, -0.1) is 0 Å². The zero-order valence-corrected chi connectivity index (χ0v) is 15.7. The third-order valence-corrected chi connectivity index (χ3v) is 4.53. The van der Waals surface area contributed by atoms with E-state index >= 15 is 0 Å². The molecule has 2 heterocycles. The minimum absolute atomic E-state index is 0.126. The Hall–Kier alpha value is -3.13. The summed E-state index contributed by atoms with van der Waals surface area (Å²) in [6.07, 6.45) is 0. The number of benzene rings is 1. The normalized spacial score (nSPS) is 10.8. The number of hydrogen-bond donors (Lipinski definition) is 0. The van der Waals surface area contributed by atoms with Crippen molar-refractivity contribution >= 4 is 17.6 Å². The summed E-state index contributed by atoms with van der Waals surface area (Å²) in [5, 5.41) is 4.42. The van der Waals surface area contributed by atoms with Gasteiger partial charge in [0.05, 0.1) is 17.1 Å². The fourth-order valence-electron chi connectivity index (χ4n) is 2.60. The molecule has 27 heavy (non-hydrogen) atoms. The first kappa shape index (κ1) is 18.7. The third kappa shape index (κ3) is 3.43. The molecular formula is C18H17ClN4O4. The number of nitrogens with zero attached hydrogens (tertiary/aromatic N) is 4. The van der Waals surface area contributed by atoms with Crippen LogP contribution in [0.1, 0.15) is 21.7 Å². The summed E-state index contributed by atoms with van der Waals surface area (Å²) in [7, 11) is 2.87. The van der Waals surface area contributed by atoms with Crippen LogP contribution < -0.4 is 11.2 Å². The van der Waals surface area contributed by atoms with Gasteiger partial charge in [-0.2, -0.15) is 5.10 Å². The summed E-state index contributed by atoms with van der Waals surface area (Å²) in [5.41, 5.74) is 0.551. The van der Waals surface area contributed by atoms with Crippen molar-refractivity contribution in [3.8, 4) is 5.69 Å². The second kappa shape index (κ2) is 7.24. The number of ether oxygens (including phenoxy) is 1. The molecular weight excluding hydrogens is 372 g/mol. The predicted molar refractivity (Wildman–Crippen MR) is 99.4 cm³/mol. The molecule has 8 nitrogen and oxygen atoms in total. The van der Waals surface area contributed by atoms with Crippen LogP contribution in [-0.4, -0.2) is 24.9 Å². The van der Waals surface area contributed by atoms with Crippen LogP contribution in [0.3, 0.4) is 0 Å². The highest BCUT2D eigenvalue weighted by Crippen LogP contribution is 2.24. The molecule has 0 spiro atoms. The maximum absolute atomic E-state index is 12.5. The lowest BCUT2D eigenvalue weighted by atomic mass is 10.2. The number of aromatic nitrogens is 4. The highest BCUT2D eigenvalue weighted by atomic mass is 35.5. The third-order valence-electron chi connectivity index (χ3n) is 4.19. The first-order chi connectivity index (χ1) is 12.8. The lowest BCUT2D eigenvalue weighted by Gasteiger charge is -2.10. The van der Waals surface area contributed by atoms with Crippen LogP contribution in [0.4, 0.5) is 0 Å². The fourth-order valence-corrected chi connectivity index (χ4v) is 2.95. The smallest absolute Gasteiger partial charge is 0.343 e. The summed E-state index contributed by atoms with van der Waals surface area (Å²) in [6.45, 7) is 1.41. The van der Waals surface area contributed by atoms with Crippen molar-refractivity contribution in [3.63, 3.8) is 0 Å². The van der Waals surface area contributed by atoms with E-state index in [1.165, 1.54) is 29.4 Å². The molecule has 0 atom stereocenters. The maximum Gasteiger partial charge on any atom is 0.343 e. The number of carbonyl (C=O) groups is 1. The standard InChI is InChI=1S/C18H17ClN4O4/c1-11-15(16(19)23(20-11)12-7-5-4-6-8-12)17(25)27-10-13-9-14(24)22(3)18(26)21(13)2/h4-9H,10H2,1-3H3. The van der Waals surface area contributed by atoms with E-state index in [2.05, 4.69) is 5.10 Å². The van der Waals surface area contributed by atoms with E-state index in [1.54, 1.807) is 6.92 Å². The Kier molecular flexibility index (Phi) is 5.00. The molecule has 0 aliphatic heterocycles. The van der Waals surface area contributed by atoms with E-state index in [9.17, 15) is 14.4 Å². The second-order valence-corrected chi connectivity index (χ2v) is 6.31. The van der Waals surface area contributed by atoms with E-state index < -0.39 is 17.2 Å². The van der Waals surface area contributed by atoms with Crippen molar-refractivity contribution in [2.45, 2.75) is 13.5 Å². The number of hydrogen-bond acceptors (Lipinski definition) is 5. The molecule has 0 fully saturated rings. The SMILES string of the molecule is Cc1nn(-c2ccccc2)c(Cl)c1C(=O)OCc1cc(=O)n(C)c(=O)n1C. The number of carbonyl (C=O) groups excluding carboxylic acids is 1. The van der Waals surface area contributed by atoms with Gasteiger partial charge in [-0.25, -0.2) is 14.3 Å². The summed E-state index contributed by atoms with van der Waals surface area (Å²) in [4.78, 5) is 36.2. The van der Waals surface area contributed by atoms with Gasteiger partial charge in [0.15, 0.2) is 0 Å². The zero-order valence-electron chi connectivity index (χ0n) is 15.0. The van der Waals surface area contributed by atoms with E-state index in [0.717, 1.165) is 4.57 Å². The first-order valence-corrected chi connectivity index (χ1v) is 8.42. The van der Waals surface area contributed by atoms with Crippen LogP contribution in [0.15, 0.2) is 46.0 Å². The van der Waals surface area contributed by atoms with E-state index in [0.29, 0.717) is 11.4 Å². The van der Waals surface area contributed by atoms with Gasteiger partial charge < -0.3 is 4.74 Å². The fraction of sp³-hybridized carbons (Fsp3) is 0.222. The van der Waals surface area contributed by atoms with Crippen LogP contribution in [0.2, 0.25) is 5.15 Å². The van der Waals surface area contributed by atoms with Gasteiger partial charge in [0.1, 0.15) is 17.3 Å². The molecule has 0 unspecified atom stereocenters. The Morgan fingerprint density at radius 1 is 1.15 bits per heavy atom. The van der Waals surface area contributed by atoms with Crippen LogP contribution in [0.25, 0.3) is 5.69 Å². The molecule has 0 saturated heterocycles. The molecule has 0 saturated carbocycles. The van der Waals surface area contributed by atoms with Gasteiger partial charge in [-0.1, -0.05) is 29.8 Å². The topological polar surface area (TPSA) is 88.1 Å². The van der Waals surface area contributed by atoms with Gasteiger partial charge in [0.25, 0.3) is 5.56 Å².